The van der Waals surface area contributed by atoms with Gasteiger partial charge in [-0.3, -0.25) is 4.90 Å². The molecule has 1 aromatic carbocycles. The predicted octanol–water partition coefficient (Wildman–Crippen LogP) is 2.22. The Balaban J connectivity index is 1.86. The minimum atomic E-state index is -0.429. The van der Waals surface area contributed by atoms with Gasteiger partial charge in [0.15, 0.2) is 0 Å². The summed E-state index contributed by atoms with van der Waals surface area (Å²) in [5.41, 5.74) is 0.200. The molecule has 1 heterocycles. The summed E-state index contributed by atoms with van der Waals surface area (Å²) in [7, 11) is 2.13. The Morgan fingerprint density at radius 1 is 1.22 bits per heavy atom. The number of likely N-dealkylation sites (N-methyl/N-ethyl adjacent to an activating group) is 1. The van der Waals surface area contributed by atoms with Crippen molar-refractivity contribution in [1.82, 2.24) is 15.1 Å². The summed E-state index contributed by atoms with van der Waals surface area (Å²) in [6.45, 7) is 9.00. The van der Waals surface area contributed by atoms with Crippen LogP contribution in [0, 0.1) is 11.7 Å². The molecule has 5 nitrogen and oxygen atoms in total. The van der Waals surface area contributed by atoms with E-state index in [9.17, 15) is 9.18 Å². The average Bonchev–Trinajstić information content (AvgIpc) is 2.51. The summed E-state index contributed by atoms with van der Waals surface area (Å²) in [6, 6.07) is 6.09. The number of nitrogens with zero attached hydrogens (tertiary/aromatic N) is 2. The van der Waals surface area contributed by atoms with Crippen LogP contribution in [-0.4, -0.2) is 61.6 Å². The number of carbonyl (C=O) groups excluding carboxylic acids is 1. The standard InChI is InChI=1S/C17H27FN4O/c1-13(2)16(22-10-8-21(3)9-11-22)12-19-17(23)20-15-7-5-4-6-14(15)18/h4-7,13,16H,8-12H2,1-3H3,(H2,19,20,23). The molecule has 0 saturated carbocycles. The highest BCUT2D eigenvalue weighted by atomic mass is 19.1. The molecule has 1 aliphatic rings. The number of rotatable bonds is 5. The Kier molecular flexibility index (Phi) is 6.36. The number of halogens is 1. The summed E-state index contributed by atoms with van der Waals surface area (Å²) in [5, 5.41) is 5.44. The highest BCUT2D eigenvalue weighted by Crippen LogP contribution is 2.14. The van der Waals surface area contributed by atoms with Gasteiger partial charge in [0.25, 0.3) is 0 Å². The second-order valence-corrected chi connectivity index (χ2v) is 6.47. The van der Waals surface area contributed by atoms with E-state index in [4.69, 9.17) is 0 Å². The van der Waals surface area contributed by atoms with Gasteiger partial charge in [-0.1, -0.05) is 26.0 Å². The van der Waals surface area contributed by atoms with Crippen molar-refractivity contribution in [3.8, 4) is 0 Å². The van der Waals surface area contributed by atoms with E-state index in [1.807, 2.05) is 0 Å². The van der Waals surface area contributed by atoms with Gasteiger partial charge in [-0.05, 0) is 25.1 Å². The van der Waals surface area contributed by atoms with E-state index < -0.39 is 5.82 Å². The molecule has 0 spiro atoms. The van der Waals surface area contributed by atoms with Gasteiger partial charge in [0, 0.05) is 38.8 Å². The Bertz CT molecular complexity index is 515. The first-order valence-corrected chi connectivity index (χ1v) is 8.19. The van der Waals surface area contributed by atoms with Gasteiger partial charge in [-0.15, -0.1) is 0 Å². The lowest BCUT2D eigenvalue weighted by Gasteiger charge is -2.39. The van der Waals surface area contributed by atoms with Crippen molar-refractivity contribution in [2.45, 2.75) is 19.9 Å². The van der Waals surface area contributed by atoms with E-state index in [1.165, 1.54) is 6.07 Å². The van der Waals surface area contributed by atoms with E-state index in [0.717, 1.165) is 26.2 Å². The molecule has 0 bridgehead atoms. The molecule has 128 valence electrons. The maximum atomic E-state index is 13.5. The van der Waals surface area contributed by atoms with Crippen LogP contribution in [0.3, 0.4) is 0 Å². The first-order chi connectivity index (χ1) is 11.0. The summed E-state index contributed by atoms with van der Waals surface area (Å²) >= 11 is 0. The van der Waals surface area contributed by atoms with Gasteiger partial charge in [0.1, 0.15) is 5.82 Å². The molecule has 2 amide bonds. The van der Waals surface area contributed by atoms with Crippen molar-refractivity contribution in [1.29, 1.82) is 0 Å². The van der Waals surface area contributed by atoms with E-state index >= 15 is 0 Å². The van der Waals surface area contributed by atoms with E-state index in [0.29, 0.717) is 12.5 Å². The SMILES string of the molecule is CC(C)C(CNC(=O)Nc1ccccc1F)N1CCN(C)CC1. The van der Waals surface area contributed by atoms with E-state index in [1.54, 1.807) is 18.2 Å². The van der Waals surface area contributed by atoms with Crippen LogP contribution in [0.25, 0.3) is 0 Å². The first-order valence-electron chi connectivity index (χ1n) is 8.19. The zero-order valence-corrected chi connectivity index (χ0v) is 14.2. The molecule has 1 aromatic rings. The number of amides is 2. The Morgan fingerprint density at radius 3 is 2.48 bits per heavy atom. The molecule has 6 heteroatoms. The molecule has 0 radical (unpaired) electrons. The summed E-state index contributed by atoms with van der Waals surface area (Å²) in [6.07, 6.45) is 0. The van der Waals surface area contributed by atoms with E-state index in [2.05, 4.69) is 41.3 Å². The number of hydrogen-bond donors (Lipinski definition) is 2. The number of nitrogens with one attached hydrogen (secondary N) is 2. The zero-order valence-electron chi connectivity index (χ0n) is 14.2. The summed E-state index contributed by atoms with van der Waals surface area (Å²) in [5.74, 6) is 0.00861. The minimum Gasteiger partial charge on any atom is -0.336 e. The lowest BCUT2D eigenvalue weighted by molar-refractivity contribution is 0.0890. The number of hydrogen-bond acceptors (Lipinski definition) is 3. The predicted molar refractivity (Wildman–Crippen MR) is 91.1 cm³/mol. The average molecular weight is 322 g/mol. The van der Waals surface area contributed by atoms with Crippen LogP contribution < -0.4 is 10.6 Å². The molecular weight excluding hydrogens is 295 g/mol. The molecule has 0 aromatic heterocycles. The van der Waals surface area contributed by atoms with Crippen LogP contribution in [0.1, 0.15) is 13.8 Å². The second-order valence-electron chi connectivity index (χ2n) is 6.47. The molecule has 1 unspecified atom stereocenters. The van der Waals surface area contributed by atoms with Crippen molar-refractivity contribution in [3.05, 3.63) is 30.1 Å². The number of para-hydroxylation sites is 1. The van der Waals surface area contributed by atoms with Crippen LogP contribution in [0.15, 0.2) is 24.3 Å². The topological polar surface area (TPSA) is 47.6 Å². The van der Waals surface area contributed by atoms with Crippen molar-refractivity contribution >= 4 is 11.7 Å². The smallest absolute Gasteiger partial charge is 0.319 e. The van der Waals surface area contributed by atoms with Gasteiger partial charge in [0.05, 0.1) is 5.69 Å². The highest BCUT2D eigenvalue weighted by molar-refractivity contribution is 5.89. The minimum absolute atomic E-state index is 0.200. The molecule has 23 heavy (non-hydrogen) atoms. The van der Waals surface area contributed by atoms with Crippen LogP contribution in [-0.2, 0) is 0 Å². The number of urea groups is 1. The molecule has 1 atom stereocenters. The highest BCUT2D eigenvalue weighted by Gasteiger charge is 2.25. The maximum absolute atomic E-state index is 13.5. The third kappa shape index (κ3) is 5.18. The van der Waals surface area contributed by atoms with Crippen LogP contribution >= 0.6 is 0 Å². The Labute approximate surface area is 137 Å². The number of anilines is 1. The lowest BCUT2D eigenvalue weighted by Crippen LogP contribution is -2.54. The lowest BCUT2D eigenvalue weighted by atomic mass is 10.0. The van der Waals surface area contributed by atoms with Gasteiger partial charge in [-0.2, -0.15) is 0 Å². The zero-order chi connectivity index (χ0) is 16.8. The van der Waals surface area contributed by atoms with Crippen molar-refractivity contribution < 1.29 is 9.18 Å². The molecule has 2 N–H and O–H groups in total. The van der Waals surface area contributed by atoms with Crippen LogP contribution in [0.5, 0.6) is 0 Å². The molecular formula is C17H27FN4O. The Morgan fingerprint density at radius 2 is 1.87 bits per heavy atom. The van der Waals surface area contributed by atoms with Gasteiger partial charge in [0.2, 0.25) is 0 Å². The maximum Gasteiger partial charge on any atom is 0.319 e. The summed E-state index contributed by atoms with van der Waals surface area (Å²) in [4.78, 5) is 16.7. The molecule has 1 fully saturated rings. The van der Waals surface area contributed by atoms with Crippen molar-refractivity contribution in [2.75, 3.05) is 45.1 Å². The third-order valence-electron chi connectivity index (χ3n) is 4.37. The van der Waals surface area contributed by atoms with E-state index in [-0.39, 0.29) is 17.8 Å². The van der Waals surface area contributed by atoms with Gasteiger partial charge >= 0.3 is 6.03 Å². The normalized spacial score (nSPS) is 18.0. The fourth-order valence-corrected chi connectivity index (χ4v) is 2.87. The molecule has 0 aliphatic carbocycles. The summed E-state index contributed by atoms with van der Waals surface area (Å²) < 4.78 is 13.5. The fourth-order valence-electron chi connectivity index (χ4n) is 2.87. The molecule has 2 rings (SSSR count). The number of piperazine rings is 1. The number of benzene rings is 1. The molecule has 1 aliphatic heterocycles. The quantitative estimate of drug-likeness (QED) is 0.874. The van der Waals surface area contributed by atoms with Gasteiger partial charge in [-0.25, -0.2) is 9.18 Å². The van der Waals surface area contributed by atoms with Gasteiger partial charge < -0.3 is 15.5 Å². The fraction of sp³-hybridized carbons (Fsp3) is 0.588. The Hall–Kier alpha value is -1.66. The third-order valence-corrected chi connectivity index (χ3v) is 4.37. The van der Waals surface area contributed by atoms with Crippen LogP contribution in [0.2, 0.25) is 0 Å². The van der Waals surface area contributed by atoms with Crippen LogP contribution in [0.4, 0.5) is 14.9 Å². The first kappa shape index (κ1) is 17.7. The monoisotopic (exact) mass is 322 g/mol. The molecule has 1 saturated heterocycles. The van der Waals surface area contributed by atoms with Crippen molar-refractivity contribution in [3.63, 3.8) is 0 Å². The second kappa shape index (κ2) is 8.26. The number of carbonyl (C=O) groups is 1. The largest absolute Gasteiger partial charge is 0.336 e. The van der Waals surface area contributed by atoms with Crippen molar-refractivity contribution in [2.24, 2.45) is 5.92 Å².